The van der Waals surface area contributed by atoms with Gasteiger partial charge in [0, 0.05) is 5.56 Å². The number of nitrogen functional groups attached to an aromatic ring is 1. The Balaban J connectivity index is 2.64. The lowest BCUT2D eigenvalue weighted by Crippen LogP contribution is -2.28. The smallest absolute Gasteiger partial charge is 0.423 e. The molecule has 0 fully saturated rings. The van der Waals surface area contributed by atoms with Crippen LogP contribution in [0.2, 0.25) is 0 Å². The van der Waals surface area contributed by atoms with Crippen molar-refractivity contribution in [2.24, 2.45) is 0 Å². The van der Waals surface area contributed by atoms with Crippen molar-refractivity contribution >= 4 is 18.3 Å². The first-order valence-corrected chi connectivity index (χ1v) is 4.02. The summed E-state index contributed by atoms with van der Waals surface area (Å²) >= 11 is 0. The fourth-order valence-corrected chi connectivity index (χ4v) is 1.63. The number of rotatable bonds is 0. The highest BCUT2D eigenvalue weighted by atomic mass is 19.1. The van der Waals surface area contributed by atoms with E-state index in [0.717, 1.165) is 0 Å². The number of hydrogen-bond acceptors (Lipinski definition) is 3. The fraction of sp³-hybridized carbons (Fsp3) is 0.250. The molecule has 0 saturated carbocycles. The second-order valence-corrected chi connectivity index (χ2v) is 3.09. The van der Waals surface area contributed by atoms with E-state index in [1.165, 1.54) is 12.1 Å². The lowest BCUT2D eigenvalue weighted by atomic mass is 9.79. The summed E-state index contributed by atoms with van der Waals surface area (Å²) in [5, 5.41) is 9.37. The molecule has 0 radical (unpaired) electrons. The van der Waals surface area contributed by atoms with Crippen LogP contribution in [0, 0.1) is 5.82 Å². The van der Waals surface area contributed by atoms with Crippen molar-refractivity contribution in [2.75, 3.05) is 5.73 Å². The van der Waals surface area contributed by atoms with Crippen molar-refractivity contribution in [1.29, 1.82) is 0 Å². The van der Waals surface area contributed by atoms with Gasteiger partial charge in [-0.1, -0.05) is 6.07 Å². The third-order valence-electron chi connectivity index (χ3n) is 2.27. The van der Waals surface area contributed by atoms with E-state index in [1.807, 2.05) is 0 Å². The molecule has 3 nitrogen and oxygen atoms in total. The van der Waals surface area contributed by atoms with E-state index < -0.39 is 12.9 Å². The highest BCUT2D eigenvalue weighted by Gasteiger charge is 2.34. The van der Waals surface area contributed by atoms with E-state index in [-0.39, 0.29) is 11.8 Å². The van der Waals surface area contributed by atoms with Crippen molar-refractivity contribution in [3.8, 4) is 0 Å². The van der Waals surface area contributed by atoms with E-state index in [9.17, 15) is 9.41 Å². The van der Waals surface area contributed by atoms with Gasteiger partial charge in [0.1, 0.15) is 5.82 Å². The Bertz CT molecular complexity index is 358. The summed E-state index contributed by atoms with van der Waals surface area (Å²) in [4.78, 5) is 0. The molecule has 1 heterocycles. The number of halogens is 1. The zero-order valence-corrected chi connectivity index (χ0v) is 7.12. The van der Waals surface area contributed by atoms with Crippen LogP contribution in [0.1, 0.15) is 18.6 Å². The van der Waals surface area contributed by atoms with Crippen LogP contribution < -0.4 is 11.2 Å². The molecule has 1 aliphatic heterocycles. The third kappa shape index (κ3) is 1.12. The van der Waals surface area contributed by atoms with Gasteiger partial charge in [0.2, 0.25) is 0 Å². The Hall–Kier alpha value is -1.07. The largest absolute Gasteiger partial charge is 0.492 e. The quantitative estimate of drug-likeness (QED) is 0.443. The Kier molecular flexibility index (Phi) is 1.78. The average molecular weight is 181 g/mol. The van der Waals surface area contributed by atoms with Crippen LogP contribution >= 0.6 is 0 Å². The van der Waals surface area contributed by atoms with Gasteiger partial charge < -0.3 is 15.4 Å². The minimum atomic E-state index is -0.979. The third-order valence-corrected chi connectivity index (χ3v) is 2.27. The molecule has 2 rings (SSSR count). The molecule has 5 heteroatoms. The highest BCUT2D eigenvalue weighted by Crippen LogP contribution is 2.29. The van der Waals surface area contributed by atoms with Gasteiger partial charge in [0.05, 0.1) is 11.8 Å². The van der Waals surface area contributed by atoms with Crippen molar-refractivity contribution in [1.82, 2.24) is 0 Å². The normalized spacial score (nSPS) is 20.5. The van der Waals surface area contributed by atoms with Gasteiger partial charge in [-0.25, -0.2) is 4.39 Å². The summed E-state index contributed by atoms with van der Waals surface area (Å²) in [6.45, 7) is 1.73. The predicted molar refractivity (Wildman–Crippen MR) is 47.9 cm³/mol. The van der Waals surface area contributed by atoms with Gasteiger partial charge in [-0.2, -0.15) is 0 Å². The predicted octanol–water partition coefficient (Wildman–Crippen LogP) is 0.187. The molecule has 0 bridgehead atoms. The minimum absolute atomic E-state index is 0.0709. The van der Waals surface area contributed by atoms with Crippen molar-refractivity contribution in [2.45, 2.75) is 13.0 Å². The van der Waals surface area contributed by atoms with Crippen molar-refractivity contribution < 1.29 is 14.1 Å². The molecule has 68 valence electrons. The monoisotopic (exact) mass is 181 g/mol. The molecule has 0 aromatic heterocycles. The topological polar surface area (TPSA) is 55.5 Å². The van der Waals surface area contributed by atoms with Crippen LogP contribution in [0.25, 0.3) is 0 Å². The van der Waals surface area contributed by atoms with Gasteiger partial charge in [0.15, 0.2) is 0 Å². The van der Waals surface area contributed by atoms with Crippen LogP contribution in [-0.2, 0) is 4.65 Å². The zero-order valence-electron chi connectivity index (χ0n) is 7.12. The SMILES string of the molecule is CC1OB(O)c2ccc(F)c(N)c21. The van der Waals surface area contributed by atoms with Crippen molar-refractivity contribution in [3.05, 3.63) is 23.5 Å². The molecule has 1 atom stereocenters. The maximum atomic E-state index is 13.0. The first-order chi connectivity index (χ1) is 6.11. The molecule has 1 aromatic rings. The number of nitrogens with two attached hydrogens (primary N) is 1. The van der Waals surface area contributed by atoms with E-state index in [0.29, 0.717) is 11.0 Å². The maximum Gasteiger partial charge on any atom is 0.492 e. The molecule has 13 heavy (non-hydrogen) atoms. The lowest BCUT2D eigenvalue weighted by molar-refractivity contribution is 0.209. The Labute approximate surface area is 75.5 Å². The van der Waals surface area contributed by atoms with Crippen LogP contribution in [0.15, 0.2) is 12.1 Å². The zero-order chi connectivity index (χ0) is 9.59. The van der Waals surface area contributed by atoms with E-state index in [2.05, 4.69) is 0 Å². The van der Waals surface area contributed by atoms with E-state index in [4.69, 9.17) is 10.4 Å². The first-order valence-electron chi connectivity index (χ1n) is 4.02. The number of benzene rings is 1. The van der Waals surface area contributed by atoms with Crippen molar-refractivity contribution in [3.63, 3.8) is 0 Å². The fourth-order valence-electron chi connectivity index (χ4n) is 1.63. The summed E-state index contributed by atoms with van der Waals surface area (Å²) < 4.78 is 18.1. The summed E-state index contributed by atoms with van der Waals surface area (Å²) in [7, 11) is -0.979. The summed E-state index contributed by atoms with van der Waals surface area (Å²) in [5.74, 6) is -0.469. The van der Waals surface area contributed by atoms with Gasteiger partial charge in [-0.3, -0.25) is 0 Å². The molecule has 0 saturated heterocycles. The molecule has 1 aliphatic rings. The highest BCUT2D eigenvalue weighted by molar-refractivity contribution is 6.62. The molecule has 1 aromatic carbocycles. The van der Waals surface area contributed by atoms with Crippen LogP contribution in [0.4, 0.5) is 10.1 Å². The Morgan fingerprint density at radius 1 is 1.62 bits per heavy atom. The lowest BCUT2D eigenvalue weighted by Gasteiger charge is -2.07. The molecule has 3 N–H and O–H groups in total. The summed E-state index contributed by atoms with van der Waals surface area (Å²) in [6, 6.07) is 2.73. The second kappa shape index (κ2) is 2.72. The Morgan fingerprint density at radius 3 is 3.00 bits per heavy atom. The van der Waals surface area contributed by atoms with Crippen LogP contribution in [0.3, 0.4) is 0 Å². The molecule has 0 amide bonds. The molecular weight excluding hydrogens is 172 g/mol. The number of fused-ring (bicyclic) bond motifs is 1. The Morgan fingerprint density at radius 2 is 2.31 bits per heavy atom. The second-order valence-electron chi connectivity index (χ2n) is 3.09. The van der Waals surface area contributed by atoms with E-state index >= 15 is 0 Å². The summed E-state index contributed by atoms with van der Waals surface area (Å²) in [5.41, 5.74) is 6.72. The molecular formula is C8H9BFNO2. The standard InChI is InChI=1S/C8H9BFNO2/c1-4-7-5(9(12)13-4)2-3-6(10)8(7)11/h2-4,12H,11H2,1H3. The van der Waals surface area contributed by atoms with Crippen LogP contribution in [0.5, 0.6) is 0 Å². The summed E-state index contributed by atoms with van der Waals surface area (Å²) in [6.07, 6.45) is -0.347. The number of anilines is 1. The maximum absolute atomic E-state index is 13.0. The van der Waals surface area contributed by atoms with Gasteiger partial charge >= 0.3 is 7.12 Å². The molecule has 1 unspecified atom stereocenters. The first kappa shape index (κ1) is 8.53. The minimum Gasteiger partial charge on any atom is -0.423 e. The van der Waals surface area contributed by atoms with Gasteiger partial charge in [0.25, 0.3) is 0 Å². The van der Waals surface area contributed by atoms with Gasteiger partial charge in [-0.15, -0.1) is 0 Å². The van der Waals surface area contributed by atoms with Crippen LogP contribution in [-0.4, -0.2) is 12.1 Å². The van der Waals surface area contributed by atoms with E-state index in [1.54, 1.807) is 6.92 Å². The molecule has 0 spiro atoms. The molecule has 0 aliphatic carbocycles. The number of hydrogen-bond donors (Lipinski definition) is 2. The van der Waals surface area contributed by atoms with Gasteiger partial charge in [-0.05, 0) is 18.5 Å². The average Bonchev–Trinajstić information content (AvgIpc) is 2.35.